The van der Waals surface area contributed by atoms with E-state index >= 15 is 0 Å². The van der Waals surface area contributed by atoms with Gasteiger partial charge in [0.25, 0.3) is 0 Å². The minimum absolute atomic E-state index is 0.280. The van der Waals surface area contributed by atoms with Crippen molar-refractivity contribution < 1.29 is 14.6 Å². The van der Waals surface area contributed by atoms with Crippen molar-refractivity contribution >= 4 is 17.7 Å². The Balaban J connectivity index is 1.64. The van der Waals surface area contributed by atoms with Crippen LogP contribution in [0.5, 0.6) is 0 Å². The van der Waals surface area contributed by atoms with E-state index in [-0.39, 0.29) is 5.97 Å². The highest BCUT2D eigenvalue weighted by Gasteiger charge is 2.44. The summed E-state index contributed by atoms with van der Waals surface area (Å²) in [4.78, 5) is 15.2. The number of benzene rings is 1. The van der Waals surface area contributed by atoms with Gasteiger partial charge in [-0.25, -0.2) is 0 Å². The standard InChI is InChI=1S/C20H29NO3S/c22-19(24-14-13-21-11-5-2-6-12-21)18(17-7-3-1-4-8-17)20(23)9-15-25-16-10-20/h1,3-4,7-8,18,23H,2,5-6,9-16H2. The molecule has 138 valence electrons. The van der Waals surface area contributed by atoms with E-state index in [9.17, 15) is 9.90 Å². The van der Waals surface area contributed by atoms with Gasteiger partial charge in [-0.2, -0.15) is 11.8 Å². The number of aliphatic hydroxyl groups is 1. The van der Waals surface area contributed by atoms with Crippen molar-refractivity contribution in [1.82, 2.24) is 4.90 Å². The van der Waals surface area contributed by atoms with Gasteiger partial charge in [0, 0.05) is 6.54 Å². The summed E-state index contributed by atoms with van der Waals surface area (Å²) in [6.07, 6.45) is 5.05. The summed E-state index contributed by atoms with van der Waals surface area (Å²) in [5.41, 5.74) is -0.130. The van der Waals surface area contributed by atoms with Crippen LogP contribution in [0.2, 0.25) is 0 Å². The largest absolute Gasteiger partial charge is 0.464 e. The molecule has 25 heavy (non-hydrogen) atoms. The number of hydrogen-bond donors (Lipinski definition) is 1. The third-order valence-corrected chi connectivity index (χ3v) is 6.35. The molecule has 0 bridgehead atoms. The minimum atomic E-state index is -0.991. The maximum atomic E-state index is 12.9. The molecule has 2 saturated heterocycles. The Morgan fingerprint density at radius 3 is 2.52 bits per heavy atom. The predicted molar refractivity (Wildman–Crippen MR) is 102 cm³/mol. The van der Waals surface area contributed by atoms with E-state index < -0.39 is 11.5 Å². The second kappa shape index (κ2) is 9.06. The van der Waals surface area contributed by atoms with E-state index in [4.69, 9.17) is 4.74 Å². The zero-order valence-corrected chi connectivity index (χ0v) is 15.7. The van der Waals surface area contributed by atoms with E-state index in [2.05, 4.69) is 4.90 Å². The van der Waals surface area contributed by atoms with Gasteiger partial charge in [-0.05, 0) is 55.8 Å². The van der Waals surface area contributed by atoms with Gasteiger partial charge < -0.3 is 9.84 Å². The van der Waals surface area contributed by atoms with Crippen LogP contribution in [-0.4, -0.2) is 59.3 Å². The number of hydrogen-bond acceptors (Lipinski definition) is 5. The van der Waals surface area contributed by atoms with Crippen LogP contribution >= 0.6 is 11.8 Å². The summed E-state index contributed by atoms with van der Waals surface area (Å²) in [5, 5.41) is 11.2. The Hall–Kier alpha value is -1.04. The molecule has 0 aromatic heterocycles. The van der Waals surface area contributed by atoms with Crippen molar-refractivity contribution in [3.63, 3.8) is 0 Å². The van der Waals surface area contributed by atoms with Crippen molar-refractivity contribution in [3.05, 3.63) is 35.9 Å². The first-order valence-electron chi connectivity index (χ1n) is 9.43. The number of piperidine rings is 1. The van der Waals surface area contributed by atoms with Crippen LogP contribution in [0.3, 0.4) is 0 Å². The Kier molecular flexibility index (Phi) is 6.79. The number of carbonyl (C=O) groups excluding carboxylic acids is 1. The fourth-order valence-corrected chi connectivity index (χ4v) is 5.07. The molecule has 2 aliphatic rings. The van der Waals surface area contributed by atoms with Crippen molar-refractivity contribution in [2.45, 2.75) is 43.6 Å². The molecule has 5 heteroatoms. The summed E-state index contributed by atoms with van der Waals surface area (Å²) in [6, 6.07) is 9.63. The predicted octanol–water partition coefficient (Wildman–Crippen LogP) is 3.06. The number of nitrogens with zero attached hydrogens (tertiary/aromatic N) is 1. The van der Waals surface area contributed by atoms with Crippen LogP contribution in [0.1, 0.15) is 43.6 Å². The second-order valence-corrected chi connectivity index (χ2v) is 8.35. The Bertz CT molecular complexity index is 539. The maximum absolute atomic E-state index is 12.9. The summed E-state index contributed by atoms with van der Waals surface area (Å²) < 4.78 is 5.63. The molecular formula is C20H29NO3S. The lowest BCUT2D eigenvalue weighted by atomic mass is 9.78. The van der Waals surface area contributed by atoms with Crippen molar-refractivity contribution in [1.29, 1.82) is 0 Å². The van der Waals surface area contributed by atoms with E-state index in [1.54, 1.807) is 0 Å². The summed E-state index contributed by atoms with van der Waals surface area (Å²) >= 11 is 1.84. The fourth-order valence-electron chi connectivity index (χ4n) is 3.87. The third-order valence-electron chi connectivity index (χ3n) is 5.37. The summed E-state index contributed by atoms with van der Waals surface area (Å²) in [7, 11) is 0. The van der Waals surface area contributed by atoms with Crippen LogP contribution in [0.15, 0.2) is 30.3 Å². The molecule has 0 saturated carbocycles. The zero-order valence-electron chi connectivity index (χ0n) is 14.9. The topological polar surface area (TPSA) is 49.8 Å². The maximum Gasteiger partial charge on any atom is 0.316 e. The number of carbonyl (C=O) groups is 1. The molecule has 1 atom stereocenters. The van der Waals surface area contributed by atoms with Crippen LogP contribution in [0, 0.1) is 0 Å². The molecule has 0 aliphatic carbocycles. The highest BCUT2D eigenvalue weighted by Crippen LogP contribution is 2.39. The number of ether oxygens (including phenoxy) is 1. The molecule has 1 aromatic rings. The van der Waals surface area contributed by atoms with Gasteiger partial charge >= 0.3 is 5.97 Å². The molecule has 2 aliphatic heterocycles. The van der Waals surface area contributed by atoms with Gasteiger partial charge in [0.15, 0.2) is 0 Å². The zero-order chi connectivity index (χ0) is 17.5. The van der Waals surface area contributed by atoms with Crippen molar-refractivity contribution in [2.24, 2.45) is 0 Å². The smallest absolute Gasteiger partial charge is 0.316 e. The molecule has 1 unspecified atom stereocenters. The lowest BCUT2D eigenvalue weighted by molar-refractivity contribution is -0.153. The number of esters is 1. The first kappa shape index (κ1) is 18.7. The Morgan fingerprint density at radius 1 is 1.16 bits per heavy atom. The quantitative estimate of drug-likeness (QED) is 0.787. The SMILES string of the molecule is O=C(OCCN1CCCCC1)C(c1ccccc1)C1(O)CCSCC1. The highest BCUT2D eigenvalue weighted by atomic mass is 32.2. The lowest BCUT2D eigenvalue weighted by Crippen LogP contribution is -2.44. The number of likely N-dealkylation sites (tertiary alicyclic amines) is 1. The molecule has 4 nitrogen and oxygen atoms in total. The van der Waals surface area contributed by atoms with Crippen LogP contribution in [0.25, 0.3) is 0 Å². The van der Waals surface area contributed by atoms with Crippen molar-refractivity contribution in [2.75, 3.05) is 37.7 Å². The van der Waals surface area contributed by atoms with Crippen LogP contribution in [-0.2, 0) is 9.53 Å². The number of thioether (sulfide) groups is 1. The normalized spacial score (nSPS) is 22.3. The average molecular weight is 364 g/mol. The van der Waals surface area contributed by atoms with Gasteiger partial charge in [0.2, 0.25) is 0 Å². The molecule has 3 rings (SSSR count). The fraction of sp³-hybridized carbons (Fsp3) is 0.650. The van der Waals surface area contributed by atoms with Gasteiger partial charge in [-0.3, -0.25) is 9.69 Å². The van der Waals surface area contributed by atoms with E-state index in [0.29, 0.717) is 19.4 Å². The lowest BCUT2D eigenvalue weighted by Gasteiger charge is -2.38. The van der Waals surface area contributed by atoms with E-state index in [0.717, 1.165) is 36.7 Å². The molecule has 1 N–H and O–H groups in total. The molecule has 2 fully saturated rings. The highest BCUT2D eigenvalue weighted by molar-refractivity contribution is 7.99. The molecule has 0 radical (unpaired) electrons. The monoisotopic (exact) mass is 363 g/mol. The minimum Gasteiger partial charge on any atom is -0.464 e. The Labute approximate surface area is 154 Å². The van der Waals surface area contributed by atoms with Crippen LogP contribution < -0.4 is 0 Å². The van der Waals surface area contributed by atoms with Gasteiger partial charge in [0.1, 0.15) is 12.5 Å². The van der Waals surface area contributed by atoms with Gasteiger partial charge in [-0.15, -0.1) is 0 Å². The summed E-state index contributed by atoms with van der Waals surface area (Å²) in [6.45, 7) is 3.40. The molecule has 0 amide bonds. The molecular weight excluding hydrogens is 334 g/mol. The molecule has 2 heterocycles. The van der Waals surface area contributed by atoms with E-state index in [1.165, 1.54) is 19.3 Å². The first-order chi connectivity index (χ1) is 12.2. The Morgan fingerprint density at radius 2 is 1.84 bits per heavy atom. The van der Waals surface area contributed by atoms with Crippen LogP contribution in [0.4, 0.5) is 0 Å². The van der Waals surface area contributed by atoms with Crippen molar-refractivity contribution in [3.8, 4) is 0 Å². The third kappa shape index (κ3) is 4.99. The van der Waals surface area contributed by atoms with E-state index in [1.807, 2.05) is 42.1 Å². The first-order valence-corrected chi connectivity index (χ1v) is 10.6. The number of rotatable bonds is 6. The van der Waals surface area contributed by atoms with Gasteiger partial charge in [0.05, 0.1) is 5.60 Å². The summed E-state index contributed by atoms with van der Waals surface area (Å²) in [5.74, 6) is 0.912. The molecule has 0 spiro atoms. The second-order valence-electron chi connectivity index (χ2n) is 7.13. The van der Waals surface area contributed by atoms with Gasteiger partial charge in [-0.1, -0.05) is 36.8 Å². The molecule has 1 aromatic carbocycles. The average Bonchev–Trinajstić information content (AvgIpc) is 2.64.